The van der Waals surface area contributed by atoms with Crippen LogP contribution < -0.4 is 10.1 Å². The van der Waals surface area contributed by atoms with Gasteiger partial charge in [-0.3, -0.25) is 9.59 Å². The summed E-state index contributed by atoms with van der Waals surface area (Å²) in [5.74, 6) is 0.201. The van der Waals surface area contributed by atoms with Gasteiger partial charge in [0.1, 0.15) is 5.75 Å². The van der Waals surface area contributed by atoms with Crippen LogP contribution in [0.3, 0.4) is 0 Å². The molecule has 1 aromatic heterocycles. The van der Waals surface area contributed by atoms with Gasteiger partial charge in [-0.1, -0.05) is 11.3 Å². The summed E-state index contributed by atoms with van der Waals surface area (Å²) >= 11 is 0. The van der Waals surface area contributed by atoms with E-state index in [2.05, 4.69) is 15.6 Å². The first-order chi connectivity index (χ1) is 11.7. The molecule has 2 aromatic rings. The molecule has 24 heavy (non-hydrogen) atoms. The maximum absolute atomic E-state index is 12.3. The molecule has 1 aromatic carbocycles. The van der Waals surface area contributed by atoms with Crippen molar-refractivity contribution in [3.8, 4) is 5.75 Å². The van der Waals surface area contributed by atoms with Crippen LogP contribution in [0.25, 0.3) is 0 Å². The number of nitrogens with one attached hydrogen (secondary N) is 1. The summed E-state index contributed by atoms with van der Waals surface area (Å²) in [5, 5.41) is 10.4. The molecule has 1 fully saturated rings. The number of methoxy groups -OCH3 is 1. The van der Waals surface area contributed by atoms with E-state index in [1.54, 1.807) is 53.4 Å². The second-order valence-corrected chi connectivity index (χ2v) is 5.58. The van der Waals surface area contributed by atoms with Crippen LogP contribution in [0, 0.1) is 0 Å². The Hall–Kier alpha value is -2.90. The number of aromatic nitrogens is 3. The molecule has 1 atom stereocenters. The van der Waals surface area contributed by atoms with Gasteiger partial charge in [-0.2, -0.15) is 0 Å². The third kappa shape index (κ3) is 3.53. The topological polar surface area (TPSA) is 89.4 Å². The molecule has 0 saturated carbocycles. The highest BCUT2D eigenvalue weighted by molar-refractivity contribution is 5.96. The first-order valence-electron chi connectivity index (χ1n) is 7.73. The smallest absolute Gasteiger partial charge is 0.251 e. The minimum Gasteiger partial charge on any atom is -0.497 e. The van der Waals surface area contributed by atoms with E-state index in [-0.39, 0.29) is 24.4 Å². The molecular weight excluding hydrogens is 310 g/mol. The van der Waals surface area contributed by atoms with E-state index in [0.717, 1.165) is 6.42 Å². The average Bonchev–Trinajstić information content (AvgIpc) is 3.30. The lowest BCUT2D eigenvalue weighted by atomic mass is 10.2. The number of likely N-dealkylation sites (tertiary alicyclic amines) is 1. The van der Waals surface area contributed by atoms with E-state index in [9.17, 15) is 9.59 Å². The van der Waals surface area contributed by atoms with Crippen molar-refractivity contribution in [1.29, 1.82) is 0 Å². The lowest BCUT2D eigenvalue weighted by Crippen LogP contribution is -2.39. The lowest BCUT2D eigenvalue weighted by molar-refractivity contribution is -0.129. The molecule has 3 rings (SSSR count). The summed E-state index contributed by atoms with van der Waals surface area (Å²) in [6.45, 7) is 1.20. The highest BCUT2D eigenvalue weighted by Crippen LogP contribution is 2.20. The number of nitrogens with zero attached hydrogens (tertiary/aromatic N) is 4. The Kier molecular flexibility index (Phi) is 4.74. The first-order valence-corrected chi connectivity index (χ1v) is 7.73. The van der Waals surface area contributed by atoms with Gasteiger partial charge in [-0.05, 0) is 24.6 Å². The SMILES string of the molecule is COc1cccc(C(=O)NCC(=O)N2CCC(n3ccnn3)C2)c1. The van der Waals surface area contributed by atoms with Gasteiger partial charge in [-0.25, -0.2) is 4.68 Å². The third-order valence-electron chi connectivity index (χ3n) is 4.06. The monoisotopic (exact) mass is 329 g/mol. The van der Waals surface area contributed by atoms with E-state index < -0.39 is 0 Å². The number of hydrogen-bond donors (Lipinski definition) is 1. The third-order valence-corrected chi connectivity index (χ3v) is 4.06. The molecule has 0 spiro atoms. The van der Waals surface area contributed by atoms with Crippen molar-refractivity contribution in [2.75, 3.05) is 26.7 Å². The Bertz CT molecular complexity index is 716. The standard InChI is InChI=1S/C16H19N5O3/c1-24-14-4-2-3-12(9-14)16(23)17-10-15(22)20-7-5-13(11-20)21-8-6-18-19-21/h2-4,6,8-9,13H,5,7,10-11H2,1H3,(H,17,23). The van der Waals surface area contributed by atoms with Gasteiger partial charge in [0.05, 0.1) is 25.9 Å². The number of carbonyl (C=O) groups excluding carboxylic acids is 2. The molecule has 1 aliphatic rings. The Morgan fingerprint density at radius 3 is 3.04 bits per heavy atom. The predicted octanol–water partition coefficient (Wildman–Crippen LogP) is 0.490. The number of benzene rings is 1. The maximum atomic E-state index is 12.3. The van der Waals surface area contributed by atoms with Crippen LogP contribution in [0.4, 0.5) is 0 Å². The molecule has 2 amide bonds. The fraction of sp³-hybridized carbons (Fsp3) is 0.375. The van der Waals surface area contributed by atoms with Gasteiger partial charge in [0.15, 0.2) is 0 Å². The zero-order valence-electron chi connectivity index (χ0n) is 13.4. The summed E-state index contributed by atoms with van der Waals surface area (Å²) in [7, 11) is 1.54. The maximum Gasteiger partial charge on any atom is 0.251 e. The summed E-state index contributed by atoms with van der Waals surface area (Å²) in [4.78, 5) is 26.1. The fourth-order valence-corrected chi connectivity index (χ4v) is 2.73. The zero-order valence-corrected chi connectivity index (χ0v) is 13.4. The van der Waals surface area contributed by atoms with Gasteiger partial charge >= 0.3 is 0 Å². The van der Waals surface area contributed by atoms with E-state index in [0.29, 0.717) is 24.4 Å². The van der Waals surface area contributed by atoms with Gasteiger partial charge < -0.3 is 15.0 Å². The van der Waals surface area contributed by atoms with Crippen molar-refractivity contribution in [1.82, 2.24) is 25.2 Å². The number of hydrogen-bond acceptors (Lipinski definition) is 5. The second kappa shape index (κ2) is 7.12. The van der Waals surface area contributed by atoms with Crippen molar-refractivity contribution in [3.05, 3.63) is 42.2 Å². The van der Waals surface area contributed by atoms with Crippen molar-refractivity contribution in [3.63, 3.8) is 0 Å². The van der Waals surface area contributed by atoms with Gasteiger partial charge in [0, 0.05) is 24.8 Å². The lowest BCUT2D eigenvalue weighted by Gasteiger charge is -2.17. The zero-order chi connectivity index (χ0) is 16.9. The molecule has 0 radical (unpaired) electrons. The van der Waals surface area contributed by atoms with Crippen LogP contribution >= 0.6 is 0 Å². The second-order valence-electron chi connectivity index (χ2n) is 5.58. The molecule has 0 aliphatic carbocycles. The van der Waals surface area contributed by atoms with Crippen molar-refractivity contribution in [2.45, 2.75) is 12.5 Å². The first kappa shape index (κ1) is 16.0. The summed E-state index contributed by atoms with van der Waals surface area (Å²) < 4.78 is 6.86. The Balaban J connectivity index is 1.51. The number of amides is 2. The van der Waals surface area contributed by atoms with E-state index in [1.165, 1.54) is 0 Å². The Morgan fingerprint density at radius 1 is 1.42 bits per heavy atom. The highest BCUT2D eigenvalue weighted by atomic mass is 16.5. The quantitative estimate of drug-likeness (QED) is 0.862. The van der Waals surface area contributed by atoms with Crippen molar-refractivity contribution < 1.29 is 14.3 Å². The molecule has 1 aliphatic heterocycles. The average molecular weight is 329 g/mol. The Labute approximate surface area is 139 Å². The van der Waals surface area contributed by atoms with Crippen LogP contribution in [-0.2, 0) is 4.79 Å². The van der Waals surface area contributed by atoms with Crippen LogP contribution in [-0.4, -0.2) is 58.5 Å². The van der Waals surface area contributed by atoms with Crippen LogP contribution in [0.15, 0.2) is 36.7 Å². The predicted molar refractivity (Wildman–Crippen MR) is 85.6 cm³/mol. The van der Waals surface area contributed by atoms with Crippen LogP contribution in [0.2, 0.25) is 0 Å². The molecule has 126 valence electrons. The van der Waals surface area contributed by atoms with Crippen molar-refractivity contribution in [2.24, 2.45) is 0 Å². The van der Waals surface area contributed by atoms with Gasteiger partial charge in [0.25, 0.3) is 5.91 Å². The number of ether oxygens (including phenoxy) is 1. The minimum absolute atomic E-state index is 0.0277. The summed E-state index contributed by atoms with van der Waals surface area (Å²) in [5.41, 5.74) is 0.462. The van der Waals surface area contributed by atoms with E-state index in [4.69, 9.17) is 4.74 Å². The number of rotatable bonds is 5. The van der Waals surface area contributed by atoms with Gasteiger partial charge in [0.2, 0.25) is 5.91 Å². The molecule has 2 heterocycles. The van der Waals surface area contributed by atoms with Crippen molar-refractivity contribution >= 4 is 11.8 Å². The minimum atomic E-state index is -0.297. The number of carbonyl (C=O) groups is 2. The molecule has 8 heteroatoms. The normalized spacial score (nSPS) is 16.9. The largest absolute Gasteiger partial charge is 0.497 e. The van der Waals surface area contributed by atoms with E-state index in [1.807, 2.05) is 0 Å². The fourth-order valence-electron chi connectivity index (χ4n) is 2.73. The molecule has 1 N–H and O–H groups in total. The van der Waals surface area contributed by atoms with Crippen LogP contribution in [0.1, 0.15) is 22.8 Å². The van der Waals surface area contributed by atoms with E-state index >= 15 is 0 Å². The summed E-state index contributed by atoms with van der Waals surface area (Å²) in [6, 6.07) is 6.95. The Morgan fingerprint density at radius 2 is 2.29 bits per heavy atom. The highest BCUT2D eigenvalue weighted by Gasteiger charge is 2.27. The molecule has 1 unspecified atom stereocenters. The van der Waals surface area contributed by atoms with Crippen LogP contribution in [0.5, 0.6) is 5.75 Å². The molecule has 8 nitrogen and oxygen atoms in total. The summed E-state index contributed by atoms with van der Waals surface area (Å²) in [6.07, 6.45) is 4.25. The molecule has 0 bridgehead atoms. The molecular formula is C16H19N5O3. The molecule has 1 saturated heterocycles. The van der Waals surface area contributed by atoms with Gasteiger partial charge in [-0.15, -0.1) is 5.10 Å².